The van der Waals surface area contributed by atoms with Gasteiger partial charge in [0.2, 0.25) is 0 Å². The van der Waals surface area contributed by atoms with E-state index >= 15 is 0 Å². The molecule has 4 aliphatic rings. The van der Waals surface area contributed by atoms with Crippen LogP contribution >= 0.6 is 0 Å². The lowest BCUT2D eigenvalue weighted by Crippen LogP contribution is -2.38. The summed E-state index contributed by atoms with van der Waals surface area (Å²) in [6.07, 6.45) is 13.4. The highest BCUT2D eigenvalue weighted by atomic mass is 16.1. The molecule has 1 aromatic carbocycles. The monoisotopic (exact) mass is 302 g/mol. The van der Waals surface area contributed by atoms with E-state index in [9.17, 15) is 4.79 Å². The average Bonchev–Trinajstić information content (AvgIpc) is 2.60. The van der Waals surface area contributed by atoms with Crippen molar-refractivity contribution in [2.24, 2.45) is 17.8 Å². The second-order valence-corrected chi connectivity index (χ2v) is 7.53. The van der Waals surface area contributed by atoms with Gasteiger partial charge in [-0.2, -0.15) is 0 Å². The first kappa shape index (κ1) is 13.5. The van der Waals surface area contributed by atoms with E-state index in [0.717, 1.165) is 19.3 Å². The molecule has 0 bridgehead atoms. The Morgan fingerprint density at radius 3 is 2.74 bits per heavy atom. The molecule has 1 heteroatoms. The fourth-order valence-corrected chi connectivity index (χ4v) is 5.35. The molecule has 1 nitrogen and oxygen atoms in total. The minimum Gasteiger partial charge on any atom is -0.300 e. The molecular weight excluding hydrogens is 280 g/mol. The Morgan fingerprint density at radius 1 is 0.913 bits per heavy atom. The largest absolute Gasteiger partial charge is 0.300 e. The van der Waals surface area contributed by atoms with E-state index in [4.69, 9.17) is 0 Å². The Morgan fingerprint density at radius 2 is 1.78 bits per heavy atom. The summed E-state index contributed by atoms with van der Waals surface area (Å²) >= 11 is 0. The molecule has 1 aromatic rings. The number of allylic oxidation sites excluding steroid dienone is 4. The molecule has 0 saturated heterocycles. The molecule has 0 radical (unpaired) electrons. The molecule has 0 N–H and O–H groups in total. The first-order chi connectivity index (χ1) is 11.3. The Balaban J connectivity index is 1.66. The third kappa shape index (κ3) is 2.02. The van der Waals surface area contributed by atoms with Gasteiger partial charge in [0.1, 0.15) is 5.78 Å². The SMILES string of the molecule is O=C1CCC2=C3C=CC4=c5ccccc5=CCC4C3CCC2C1. The molecule has 1 saturated carbocycles. The number of Topliss-reactive ketones (excluding diaryl/α,β-unsaturated/α-hetero) is 1. The van der Waals surface area contributed by atoms with Gasteiger partial charge < -0.3 is 0 Å². The van der Waals surface area contributed by atoms with Crippen LogP contribution in [-0.2, 0) is 4.79 Å². The second-order valence-electron chi connectivity index (χ2n) is 7.53. The van der Waals surface area contributed by atoms with Crippen LogP contribution in [-0.4, -0.2) is 5.78 Å². The molecule has 0 heterocycles. The molecule has 1 fully saturated rings. The zero-order valence-corrected chi connectivity index (χ0v) is 13.4. The number of hydrogen-bond acceptors (Lipinski definition) is 1. The van der Waals surface area contributed by atoms with Crippen LogP contribution in [0.2, 0.25) is 0 Å². The summed E-state index contributed by atoms with van der Waals surface area (Å²) in [6, 6.07) is 8.82. The quantitative estimate of drug-likeness (QED) is 0.719. The predicted molar refractivity (Wildman–Crippen MR) is 92.9 cm³/mol. The molecule has 4 aliphatic carbocycles. The third-order valence-electron chi connectivity index (χ3n) is 6.43. The molecular formula is C22H22O. The lowest BCUT2D eigenvalue weighted by molar-refractivity contribution is -0.120. The van der Waals surface area contributed by atoms with Crippen molar-refractivity contribution in [3.8, 4) is 0 Å². The van der Waals surface area contributed by atoms with Crippen molar-refractivity contribution in [1.29, 1.82) is 0 Å². The Bertz CT molecular complexity index is 867. The predicted octanol–water partition coefficient (Wildman–Crippen LogP) is 3.28. The van der Waals surface area contributed by atoms with Crippen LogP contribution in [0, 0.1) is 17.8 Å². The summed E-state index contributed by atoms with van der Waals surface area (Å²) in [6.45, 7) is 0. The van der Waals surface area contributed by atoms with E-state index in [1.165, 1.54) is 29.7 Å². The lowest BCUT2D eigenvalue weighted by Gasteiger charge is -2.42. The first-order valence-corrected chi connectivity index (χ1v) is 9.03. The topological polar surface area (TPSA) is 17.1 Å². The van der Waals surface area contributed by atoms with E-state index in [1.54, 1.807) is 16.7 Å². The number of rotatable bonds is 0. The van der Waals surface area contributed by atoms with Gasteiger partial charge in [0.25, 0.3) is 0 Å². The Kier molecular flexibility index (Phi) is 2.98. The van der Waals surface area contributed by atoms with E-state index in [0.29, 0.717) is 23.5 Å². The molecule has 3 atom stereocenters. The van der Waals surface area contributed by atoms with Crippen molar-refractivity contribution in [3.05, 3.63) is 58.0 Å². The number of carbonyl (C=O) groups is 1. The normalized spacial score (nSPS) is 31.7. The summed E-state index contributed by atoms with van der Waals surface area (Å²) in [4.78, 5) is 11.8. The maximum atomic E-state index is 11.8. The van der Waals surface area contributed by atoms with Crippen molar-refractivity contribution in [1.82, 2.24) is 0 Å². The third-order valence-corrected chi connectivity index (χ3v) is 6.43. The van der Waals surface area contributed by atoms with Gasteiger partial charge in [0.15, 0.2) is 0 Å². The van der Waals surface area contributed by atoms with Gasteiger partial charge in [-0.15, -0.1) is 0 Å². The van der Waals surface area contributed by atoms with E-state index in [2.05, 4.69) is 42.5 Å². The minimum absolute atomic E-state index is 0.477. The van der Waals surface area contributed by atoms with Gasteiger partial charge >= 0.3 is 0 Å². The highest BCUT2D eigenvalue weighted by Crippen LogP contribution is 2.49. The van der Waals surface area contributed by atoms with Crippen LogP contribution in [0.5, 0.6) is 0 Å². The second kappa shape index (κ2) is 5.06. The summed E-state index contributed by atoms with van der Waals surface area (Å²) in [5.74, 6) is 2.35. The fourth-order valence-electron chi connectivity index (χ4n) is 5.35. The first-order valence-electron chi connectivity index (χ1n) is 9.03. The minimum atomic E-state index is 0.477. The molecule has 5 rings (SSSR count). The van der Waals surface area contributed by atoms with Gasteiger partial charge in [0, 0.05) is 12.8 Å². The van der Waals surface area contributed by atoms with Crippen molar-refractivity contribution in [3.63, 3.8) is 0 Å². The van der Waals surface area contributed by atoms with Crippen LogP contribution < -0.4 is 10.4 Å². The lowest BCUT2D eigenvalue weighted by atomic mass is 9.62. The molecule has 0 aromatic heterocycles. The van der Waals surface area contributed by atoms with Crippen molar-refractivity contribution < 1.29 is 4.79 Å². The van der Waals surface area contributed by atoms with Gasteiger partial charge in [0.05, 0.1) is 0 Å². The molecule has 0 aliphatic heterocycles. The molecule has 0 spiro atoms. The molecule has 116 valence electrons. The summed E-state index contributed by atoms with van der Waals surface area (Å²) in [5.41, 5.74) is 4.76. The number of fused-ring (bicyclic) bond motifs is 5. The van der Waals surface area contributed by atoms with Crippen molar-refractivity contribution in [2.45, 2.75) is 38.5 Å². The number of ketones is 1. The van der Waals surface area contributed by atoms with E-state index in [-0.39, 0.29) is 0 Å². The standard InChI is InChI=1S/C22H22O/c23-16-7-10-18-15(13-16)6-9-22-20(18)12-11-19-17-4-2-1-3-14(17)5-8-21(19)22/h1-5,11-12,15,21-22H,6-10,13H2. The molecule has 3 unspecified atom stereocenters. The number of hydrogen-bond donors (Lipinski definition) is 0. The van der Waals surface area contributed by atoms with Crippen LogP contribution in [0.25, 0.3) is 11.6 Å². The van der Waals surface area contributed by atoms with Crippen LogP contribution in [0.4, 0.5) is 0 Å². The average molecular weight is 302 g/mol. The maximum absolute atomic E-state index is 11.8. The van der Waals surface area contributed by atoms with E-state index in [1.807, 2.05) is 0 Å². The molecule has 23 heavy (non-hydrogen) atoms. The summed E-state index contributed by atoms with van der Waals surface area (Å²) < 4.78 is 0. The van der Waals surface area contributed by atoms with Crippen LogP contribution in [0.15, 0.2) is 47.6 Å². The van der Waals surface area contributed by atoms with Gasteiger partial charge in [-0.3, -0.25) is 4.79 Å². The summed E-state index contributed by atoms with van der Waals surface area (Å²) in [7, 11) is 0. The van der Waals surface area contributed by atoms with Crippen LogP contribution in [0.3, 0.4) is 0 Å². The van der Waals surface area contributed by atoms with Gasteiger partial charge in [-0.1, -0.05) is 48.1 Å². The number of carbonyl (C=O) groups excluding carboxylic acids is 1. The van der Waals surface area contributed by atoms with Crippen LogP contribution in [0.1, 0.15) is 38.5 Å². The Labute approximate surface area is 137 Å². The maximum Gasteiger partial charge on any atom is 0.133 e. The zero-order valence-electron chi connectivity index (χ0n) is 13.4. The van der Waals surface area contributed by atoms with Crippen molar-refractivity contribution >= 4 is 17.4 Å². The van der Waals surface area contributed by atoms with Crippen molar-refractivity contribution in [2.75, 3.05) is 0 Å². The van der Waals surface area contributed by atoms with E-state index < -0.39 is 0 Å². The smallest absolute Gasteiger partial charge is 0.133 e. The highest BCUT2D eigenvalue weighted by molar-refractivity contribution is 5.81. The fraction of sp³-hybridized carbons (Fsp3) is 0.409. The zero-order chi connectivity index (χ0) is 15.4. The number of benzene rings is 1. The highest BCUT2D eigenvalue weighted by Gasteiger charge is 2.38. The Hall–Kier alpha value is -1.89. The van der Waals surface area contributed by atoms with Gasteiger partial charge in [-0.05, 0) is 65.0 Å². The van der Waals surface area contributed by atoms with Gasteiger partial charge in [-0.25, -0.2) is 0 Å². The summed E-state index contributed by atoms with van der Waals surface area (Å²) in [5, 5.41) is 2.83. The molecule has 0 amide bonds.